The Morgan fingerprint density at radius 1 is 0.909 bits per heavy atom. The molecule has 118 valence electrons. The molecule has 1 heteroatoms. The van der Waals surface area contributed by atoms with E-state index in [0.29, 0.717) is 11.8 Å². The average molecular weight is 295 g/mol. The maximum Gasteiger partial charge on any atom is 0.0372 e. The second-order valence-corrected chi connectivity index (χ2v) is 6.87. The van der Waals surface area contributed by atoms with Crippen molar-refractivity contribution in [3.8, 4) is 0 Å². The number of rotatable bonds is 6. The zero-order chi connectivity index (χ0) is 16.1. The van der Waals surface area contributed by atoms with Crippen molar-refractivity contribution in [3.63, 3.8) is 0 Å². The number of anilines is 1. The molecule has 0 radical (unpaired) electrons. The van der Waals surface area contributed by atoms with E-state index in [1.54, 1.807) is 0 Å². The lowest BCUT2D eigenvalue weighted by molar-refractivity contribution is 0.647. The van der Waals surface area contributed by atoms with E-state index in [2.05, 4.69) is 82.4 Å². The highest BCUT2D eigenvalue weighted by atomic mass is 14.9. The summed E-state index contributed by atoms with van der Waals surface area (Å²) < 4.78 is 0. The Bertz CT molecular complexity index is 596. The summed E-state index contributed by atoms with van der Waals surface area (Å²) in [5.74, 6) is 1.22. The van der Waals surface area contributed by atoms with Gasteiger partial charge in [-0.15, -0.1) is 0 Å². The van der Waals surface area contributed by atoms with Crippen molar-refractivity contribution in [2.75, 3.05) is 11.9 Å². The second-order valence-electron chi connectivity index (χ2n) is 6.87. The number of aryl methyl sites for hydroxylation is 1. The van der Waals surface area contributed by atoms with E-state index < -0.39 is 0 Å². The average Bonchev–Trinajstić information content (AvgIpc) is 2.48. The third-order valence-corrected chi connectivity index (χ3v) is 4.40. The molecule has 0 aliphatic heterocycles. The molecular weight excluding hydrogens is 266 g/mol. The van der Waals surface area contributed by atoms with Crippen LogP contribution >= 0.6 is 0 Å². The molecule has 0 saturated heterocycles. The molecule has 0 saturated carbocycles. The highest BCUT2D eigenvalue weighted by Gasteiger charge is 2.07. The van der Waals surface area contributed by atoms with Crippen molar-refractivity contribution >= 4 is 5.69 Å². The van der Waals surface area contributed by atoms with Crippen LogP contribution in [-0.4, -0.2) is 6.54 Å². The minimum Gasteiger partial charge on any atom is -0.384 e. The van der Waals surface area contributed by atoms with Gasteiger partial charge in [-0.2, -0.15) is 0 Å². The molecular formula is C21H29N. The summed E-state index contributed by atoms with van der Waals surface area (Å²) in [4.78, 5) is 0. The Balaban J connectivity index is 1.97. The topological polar surface area (TPSA) is 12.0 Å². The Morgan fingerprint density at radius 3 is 2.23 bits per heavy atom. The number of hydrogen-bond donors (Lipinski definition) is 1. The second kappa shape index (κ2) is 7.49. The highest BCUT2D eigenvalue weighted by Crippen LogP contribution is 2.21. The summed E-state index contributed by atoms with van der Waals surface area (Å²) in [7, 11) is 0. The molecule has 1 atom stereocenters. The minimum absolute atomic E-state index is 0.507. The van der Waals surface area contributed by atoms with Crippen LogP contribution in [0.15, 0.2) is 42.5 Å². The summed E-state index contributed by atoms with van der Waals surface area (Å²) >= 11 is 0. The lowest BCUT2D eigenvalue weighted by Crippen LogP contribution is -2.11. The lowest BCUT2D eigenvalue weighted by atomic mass is 9.96. The first-order valence-electron chi connectivity index (χ1n) is 8.36. The molecule has 1 nitrogen and oxygen atoms in total. The third-order valence-electron chi connectivity index (χ3n) is 4.40. The van der Waals surface area contributed by atoms with Crippen LogP contribution in [0.5, 0.6) is 0 Å². The quantitative estimate of drug-likeness (QED) is 0.719. The molecule has 0 heterocycles. The van der Waals surface area contributed by atoms with Gasteiger partial charge in [-0.3, -0.25) is 0 Å². The van der Waals surface area contributed by atoms with Crippen molar-refractivity contribution < 1.29 is 0 Å². The van der Waals surface area contributed by atoms with E-state index in [1.807, 2.05) is 0 Å². The highest BCUT2D eigenvalue weighted by molar-refractivity contribution is 5.53. The van der Waals surface area contributed by atoms with E-state index in [4.69, 9.17) is 0 Å². The van der Waals surface area contributed by atoms with E-state index in [0.717, 1.165) is 13.0 Å². The molecule has 1 unspecified atom stereocenters. The summed E-state index contributed by atoms with van der Waals surface area (Å²) in [5, 5.41) is 3.60. The van der Waals surface area contributed by atoms with Crippen LogP contribution in [0.2, 0.25) is 0 Å². The smallest absolute Gasteiger partial charge is 0.0372 e. The molecule has 1 N–H and O–H groups in total. The van der Waals surface area contributed by atoms with Gasteiger partial charge in [0.15, 0.2) is 0 Å². The van der Waals surface area contributed by atoms with Gasteiger partial charge in [-0.1, -0.05) is 57.2 Å². The van der Waals surface area contributed by atoms with Crippen LogP contribution in [0.1, 0.15) is 48.9 Å². The molecule has 2 aromatic carbocycles. The van der Waals surface area contributed by atoms with Crippen LogP contribution in [0.25, 0.3) is 0 Å². The first-order valence-corrected chi connectivity index (χ1v) is 8.36. The number of nitrogens with one attached hydrogen (secondary N) is 1. The van der Waals surface area contributed by atoms with Crippen molar-refractivity contribution in [2.24, 2.45) is 5.92 Å². The van der Waals surface area contributed by atoms with Gasteiger partial charge in [0, 0.05) is 12.2 Å². The van der Waals surface area contributed by atoms with Crippen molar-refractivity contribution in [3.05, 3.63) is 64.7 Å². The minimum atomic E-state index is 0.507. The lowest BCUT2D eigenvalue weighted by Gasteiger charge is -2.17. The summed E-state index contributed by atoms with van der Waals surface area (Å²) in [6, 6.07) is 15.6. The monoisotopic (exact) mass is 295 g/mol. The van der Waals surface area contributed by atoms with Crippen LogP contribution in [0, 0.1) is 19.8 Å². The molecule has 0 amide bonds. The predicted molar refractivity (Wildman–Crippen MR) is 97.8 cm³/mol. The van der Waals surface area contributed by atoms with E-state index in [1.165, 1.54) is 27.9 Å². The fourth-order valence-corrected chi connectivity index (χ4v) is 2.78. The standard InChI is InChI=1S/C21H29N/c1-15(2)13-19-9-11-20(12-10-19)17(4)14-22-21-8-6-7-16(3)18(21)5/h6-12,15,17,22H,13-14H2,1-5H3. The first kappa shape index (κ1) is 16.6. The van der Waals surface area contributed by atoms with Gasteiger partial charge in [0.2, 0.25) is 0 Å². The Kier molecular flexibility index (Phi) is 5.65. The Morgan fingerprint density at radius 2 is 1.59 bits per heavy atom. The van der Waals surface area contributed by atoms with Gasteiger partial charge in [-0.25, -0.2) is 0 Å². The zero-order valence-corrected chi connectivity index (χ0v) is 14.6. The molecule has 0 bridgehead atoms. The summed E-state index contributed by atoms with van der Waals surface area (Å²) in [6.45, 7) is 12.1. The van der Waals surface area contributed by atoms with E-state index in [-0.39, 0.29) is 0 Å². The van der Waals surface area contributed by atoms with Crippen LogP contribution in [0.3, 0.4) is 0 Å². The van der Waals surface area contributed by atoms with Gasteiger partial charge in [-0.05, 0) is 60.4 Å². The maximum atomic E-state index is 3.60. The summed E-state index contributed by atoms with van der Waals surface area (Å²) in [6.07, 6.45) is 1.16. The van der Waals surface area contributed by atoms with Crippen LogP contribution in [-0.2, 0) is 6.42 Å². The number of hydrogen-bond acceptors (Lipinski definition) is 1. The van der Waals surface area contributed by atoms with Crippen LogP contribution < -0.4 is 5.32 Å². The molecule has 2 aromatic rings. The fourth-order valence-electron chi connectivity index (χ4n) is 2.78. The van der Waals surface area contributed by atoms with E-state index in [9.17, 15) is 0 Å². The largest absolute Gasteiger partial charge is 0.384 e. The maximum absolute atomic E-state index is 3.60. The normalized spacial score (nSPS) is 12.5. The van der Waals surface area contributed by atoms with Gasteiger partial charge in [0.05, 0.1) is 0 Å². The van der Waals surface area contributed by atoms with E-state index >= 15 is 0 Å². The first-order chi connectivity index (χ1) is 10.5. The van der Waals surface area contributed by atoms with Crippen molar-refractivity contribution in [1.82, 2.24) is 0 Å². The Labute approximate surface area is 135 Å². The van der Waals surface area contributed by atoms with Gasteiger partial charge in [0.25, 0.3) is 0 Å². The molecule has 0 aliphatic rings. The van der Waals surface area contributed by atoms with Crippen molar-refractivity contribution in [2.45, 2.75) is 47.0 Å². The third kappa shape index (κ3) is 4.37. The SMILES string of the molecule is Cc1cccc(NCC(C)c2ccc(CC(C)C)cc2)c1C. The fraction of sp³-hybridized carbons (Fsp3) is 0.429. The molecule has 0 spiro atoms. The molecule has 0 aliphatic carbocycles. The predicted octanol–water partition coefficient (Wildman–Crippen LogP) is 5.72. The molecule has 0 aromatic heterocycles. The van der Waals surface area contributed by atoms with Gasteiger partial charge >= 0.3 is 0 Å². The van der Waals surface area contributed by atoms with Gasteiger partial charge in [0.1, 0.15) is 0 Å². The van der Waals surface area contributed by atoms with Crippen LogP contribution in [0.4, 0.5) is 5.69 Å². The number of benzene rings is 2. The summed E-state index contributed by atoms with van der Waals surface area (Å²) in [5.41, 5.74) is 6.79. The van der Waals surface area contributed by atoms with Gasteiger partial charge < -0.3 is 5.32 Å². The van der Waals surface area contributed by atoms with Crippen molar-refractivity contribution in [1.29, 1.82) is 0 Å². The zero-order valence-electron chi connectivity index (χ0n) is 14.6. The molecule has 0 fully saturated rings. The Hall–Kier alpha value is -1.76. The molecule has 22 heavy (non-hydrogen) atoms. The molecule has 2 rings (SSSR count).